The Labute approximate surface area is 92.2 Å². The summed E-state index contributed by atoms with van der Waals surface area (Å²) in [6.07, 6.45) is 0. The van der Waals surface area contributed by atoms with Crippen molar-refractivity contribution in [1.29, 1.82) is 0 Å². The van der Waals surface area contributed by atoms with Gasteiger partial charge in [0.15, 0.2) is 0 Å². The van der Waals surface area contributed by atoms with E-state index in [1.54, 1.807) is 31.4 Å². The molecule has 15 heavy (non-hydrogen) atoms. The zero-order valence-electron chi connectivity index (χ0n) is 8.87. The lowest BCUT2D eigenvalue weighted by Crippen LogP contribution is -2.50. The van der Waals surface area contributed by atoms with Crippen molar-refractivity contribution in [3.8, 4) is 0 Å². The minimum absolute atomic E-state index is 0.264. The average Bonchev–Trinajstić information content (AvgIpc) is 2.68. The molecule has 4 nitrogen and oxygen atoms in total. The summed E-state index contributed by atoms with van der Waals surface area (Å²) in [5.41, 5.74) is -1.00. The van der Waals surface area contributed by atoms with Crippen molar-refractivity contribution in [3.63, 3.8) is 0 Å². The molecule has 0 unspecified atom stereocenters. The maximum absolute atomic E-state index is 11.6. The van der Waals surface area contributed by atoms with E-state index in [0.717, 1.165) is 0 Å². The number of hydrogen-bond donors (Lipinski definition) is 1. The number of ether oxygens (including phenoxy) is 1. The minimum Gasteiger partial charge on any atom is -0.467 e. The van der Waals surface area contributed by atoms with Gasteiger partial charge < -0.3 is 10.1 Å². The number of esters is 1. The first kappa shape index (κ1) is 11.7. The highest BCUT2D eigenvalue weighted by Gasteiger charge is 2.30. The first-order valence-corrected chi connectivity index (χ1v) is 5.30. The van der Waals surface area contributed by atoms with Gasteiger partial charge in [-0.15, -0.1) is 11.3 Å². The van der Waals surface area contributed by atoms with E-state index in [1.165, 1.54) is 18.4 Å². The highest BCUT2D eigenvalue weighted by Crippen LogP contribution is 2.11. The number of rotatable bonds is 3. The second-order valence-electron chi connectivity index (χ2n) is 3.55. The van der Waals surface area contributed by atoms with Crippen LogP contribution in [-0.4, -0.2) is 24.5 Å². The minimum atomic E-state index is -1.00. The van der Waals surface area contributed by atoms with Gasteiger partial charge in [-0.3, -0.25) is 4.79 Å². The van der Waals surface area contributed by atoms with Crippen molar-refractivity contribution in [2.45, 2.75) is 19.4 Å². The van der Waals surface area contributed by atoms with E-state index in [-0.39, 0.29) is 5.91 Å². The largest absolute Gasteiger partial charge is 0.467 e. The summed E-state index contributed by atoms with van der Waals surface area (Å²) >= 11 is 1.33. The Balaban J connectivity index is 2.70. The van der Waals surface area contributed by atoms with Gasteiger partial charge >= 0.3 is 5.97 Å². The number of methoxy groups -OCH3 is 1. The van der Waals surface area contributed by atoms with Crippen molar-refractivity contribution in [3.05, 3.63) is 22.4 Å². The first-order chi connectivity index (χ1) is 6.97. The number of thiophene rings is 1. The Morgan fingerprint density at radius 3 is 2.60 bits per heavy atom. The number of hydrogen-bond acceptors (Lipinski definition) is 4. The zero-order chi connectivity index (χ0) is 11.5. The number of carbonyl (C=O) groups excluding carboxylic acids is 2. The van der Waals surface area contributed by atoms with Gasteiger partial charge in [0.05, 0.1) is 12.0 Å². The van der Waals surface area contributed by atoms with E-state index < -0.39 is 11.5 Å². The lowest BCUT2D eigenvalue weighted by Gasteiger charge is -2.22. The van der Waals surface area contributed by atoms with Crippen LogP contribution >= 0.6 is 11.3 Å². The summed E-state index contributed by atoms with van der Waals surface area (Å²) in [5, 5.41) is 4.41. The second-order valence-corrected chi connectivity index (χ2v) is 4.50. The summed E-state index contributed by atoms with van der Waals surface area (Å²) < 4.78 is 4.58. The van der Waals surface area contributed by atoms with E-state index in [4.69, 9.17) is 0 Å². The smallest absolute Gasteiger partial charge is 0.330 e. The number of amides is 1. The molecule has 1 N–H and O–H groups in total. The maximum atomic E-state index is 11.6. The third kappa shape index (κ3) is 2.79. The van der Waals surface area contributed by atoms with Crippen LogP contribution in [0.2, 0.25) is 0 Å². The molecule has 1 heterocycles. The summed E-state index contributed by atoms with van der Waals surface area (Å²) in [5.74, 6) is -0.729. The van der Waals surface area contributed by atoms with Crippen molar-refractivity contribution in [2.24, 2.45) is 0 Å². The van der Waals surface area contributed by atoms with E-state index in [0.29, 0.717) is 4.88 Å². The molecule has 0 saturated heterocycles. The lowest BCUT2D eigenvalue weighted by molar-refractivity contribution is -0.146. The van der Waals surface area contributed by atoms with E-state index in [1.807, 2.05) is 0 Å². The summed E-state index contributed by atoms with van der Waals surface area (Å²) in [6.45, 7) is 3.20. The van der Waals surface area contributed by atoms with Gasteiger partial charge in [0.2, 0.25) is 0 Å². The predicted molar refractivity (Wildman–Crippen MR) is 57.9 cm³/mol. The molecule has 1 rings (SSSR count). The molecule has 0 bridgehead atoms. The van der Waals surface area contributed by atoms with Gasteiger partial charge in [-0.25, -0.2) is 4.79 Å². The predicted octanol–water partition coefficient (Wildman–Crippen LogP) is 1.43. The normalized spacial score (nSPS) is 10.9. The quantitative estimate of drug-likeness (QED) is 0.795. The molecule has 1 amide bonds. The molecule has 0 saturated carbocycles. The van der Waals surface area contributed by atoms with Crippen LogP contribution in [0.25, 0.3) is 0 Å². The highest BCUT2D eigenvalue weighted by atomic mass is 32.1. The van der Waals surface area contributed by atoms with E-state index in [2.05, 4.69) is 10.1 Å². The van der Waals surface area contributed by atoms with Crippen LogP contribution in [0, 0.1) is 0 Å². The van der Waals surface area contributed by atoms with E-state index in [9.17, 15) is 9.59 Å². The Bertz CT molecular complexity index is 357. The van der Waals surface area contributed by atoms with Gasteiger partial charge in [0.1, 0.15) is 5.54 Å². The highest BCUT2D eigenvalue weighted by molar-refractivity contribution is 7.12. The molecule has 5 heteroatoms. The molecule has 0 aromatic carbocycles. The van der Waals surface area contributed by atoms with Crippen LogP contribution in [0.4, 0.5) is 0 Å². The lowest BCUT2D eigenvalue weighted by atomic mass is 10.1. The zero-order valence-corrected chi connectivity index (χ0v) is 9.68. The molecule has 0 aliphatic heterocycles. The fourth-order valence-corrected chi connectivity index (χ4v) is 1.68. The van der Waals surface area contributed by atoms with Crippen LogP contribution in [0.1, 0.15) is 23.5 Å². The Morgan fingerprint density at radius 2 is 2.13 bits per heavy atom. The van der Waals surface area contributed by atoms with Crippen molar-refractivity contribution < 1.29 is 14.3 Å². The second kappa shape index (κ2) is 4.44. The first-order valence-electron chi connectivity index (χ1n) is 4.42. The molecule has 0 spiro atoms. The van der Waals surface area contributed by atoms with Gasteiger partial charge in [0.25, 0.3) is 5.91 Å². The van der Waals surface area contributed by atoms with Crippen molar-refractivity contribution in [1.82, 2.24) is 5.32 Å². The third-order valence-electron chi connectivity index (χ3n) is 1.87. The Kier molecular flexibility index (Phi) is 3.47. The molecule has 1 aromatic rings. The molecule has 82 valence electrons. The SMILES string of the molecule is COC(=O)C(C)(C)NC(=O)c1cccs1. The molecule has 0 aliphatic rings. The molecular weight excluding hydrogens is 214 g/mol. The molecule has 0 fully saturated rings. The van der Waals surface area contributed by atoms with Gasteiger partial charge in [-0.1, -0.05) is 6.07 Å². The maximum Gasteiger partial charge on any atom is 0.330 e. The van der Waals surface area contributed by atoms with Gasteiger partial charge in [-0.05, 0) is 25.3 Å². The average molecular weight is 227 g/mol. The molecule has 0 atom stereocenters. The Morgan fingerprint density at radius 1 is 1.47 bits per heavy atom. The number of nitrogens with one attached hydrogen (secondary N) is 1. The van der Waals surface area contributed by atoms with Crippen LogP contribution in [0.3, 0.4) is 0 Å². The molecule has 0 aliphatic carbocycles. The van der Waals surface area contributed by atoms with Crippen LogP contribution in [-0.2, 0) is 9.53 Å². The van der Waals surface area contributed by atoms with Crippen LogP contribution in [0.5, 0.6) is 0 Å². The molecule has 0 radical (unpaired) electrons. The van der Waals surface area contributed by atoms with Crippen LogP contribution < -0.4 is 5.32 Å². The molecular formula is C10H13NO3S. The summed E-state index contributed by atoms with van der Waals surface area (Å²) in [6, 6.07) is 3.48. The standard InChI is InChI=1S/C10H13NO3S/c1-10(2,9(13)14-3)11-8(12)7-5-4-6-15-7/h4-6H,1-3H3,(H,11,12). The fraction of sp³-hybridized carbons (Fsp3) is 0.400. The topological polar surface area (TPSA) is 55.4 Å². The molecule has 1 aromatic heterocycles. The summed E-state index contributed by atoms with van der Waals surface area (Å²) in [7, 11) is 1.29. The summed E-state index contributed by atoms with van der Waals surface area (Å²) in [4.78, 5) is 23.5. The fourth-order valence-electron chi connectivity index (χ4n) is 1.06. The van der Waals surface area contributed by atoms with Gasteiger partial charge in [-0.2, -0.15) is 0 Å². The van der Waals surface area contributed by atoms with Crippen molar-refractivity contribution >= 4 is 23.2 Å². The number of carbonyl (C=O) groups is 2. The van der Waals surface area contributed by atoms with E-state index >= 15 is 0 Å². The Hall–Kier alpha value is -1.36. The third-order valence-corrected chi connectivity index (χ3v) is 2.74. The van der Waals surface area contributed by atoms with Crippen molar-refractivity contribution in [2.75, 3.05) is 7.11 Å². The monoisotopic (exact) mass is 227 g/mol. The van der Waals surface area contributed by atoms with Gasteiger partial charge in [0, 0.05) is 0 Å². The van der Waals surface area contributed by atoms with Crippen LogP contribution in [0.15, 0.2) is 17.5 Å².